The van der Waals surface area contributed by atoms with Crippen molar-refractivity contribution in [3.05, 3.63) is 23.3 Å². The summed E-state index contributed by atoms with van der Waals surface area (Å²) in [6.07, 6.45) is -9.43. The topological polar surface area (TPSA) is 18.5 Å². The Hall–Kier alpha value is -1.60. The molecule has 110 valence electrons. The summed E-state index contributed by atoms with van der Waals surface area (Å²) in [7, 11) is 0. The van der Waals surface area contributed by atoms with E-state index in [4.69, 9.17) is 0 Å². The van der Waals surface area contributed by atoms with Gasteiger partial charge in [0.05, 0.1) is 0 Å². The third kappa shape index (κ3) is 1.66. The Kier molecular flexibility index (Phi) is 2.50. The number of benzene rings is 1. The molecule has 3 rings (SSSR count). The van der Waals surface area contributed by atoms with Crippen LogP contribution in [0.2, 0.25) is 0 Å². The number of halogens is 6. The maximum absolute atomic E-state index is 12.8. The first kappa shape index (κ1) is 13.4. The third-order valence-corrected chi connectivity index (χ3v) is 3.41. The lowest BCUT2D eigenvalue weighted by Crippen LogP contribution is -2.63. The van der Waals surface area contributed by atoms with Crippen LogP contribution in [0.5, 0.6) is 11.5 Å². The Morgan fingerprint density at radius 2 is 1.20 bits per heavy atom. The summed E-state index contributed by atoms with van der Waals surface area (Å²) < 4.78 is 85.2. The number of aryl methyl sites for hydroxylation is 2. The van der Waals surface area contributed by atoms with Crippen molar-refractivity contribution in [2.75, 3.05) is 0 Å². The SMILES string of the molecule is FC(F)(F)C1(C(F)(F)F)Oc2cc3c(cc2O1)CCC3. The predicted octanol–water partition coefficient (Wildman–Crippen LogP) is 3.77. The molecule has 2 nitrogen and oxygen atoms in total. The quantitative estimate of drug-likeness (QED) is 0.679. The average Bonchev–Trinajstić information content (AvgIpc) is 2.85. The molecule has 0 spiro atoms. The maximum Gasteiger partial charge on any atom is 0.478 e. The second-order valence-corrected chi connectivity index (χ2v) is 4.74. The molecule has 0 N–H and O–H groups in total. The van der Waals surface area contributed by atoms with Gasteiger partial charge in [-0.15, -0.1) is 0 Å². The van der Waals surface area contributed by atoms with Crippen LogP contribution in [0.4, 0.5) is 26.3 Å². The molecule has 20 heavy (non-hydrogen) atoms. The zero-order chi connectivity index (χ0) is 14.8. The van der Waals surface area contributed by atoms with E-state index in [1.165, 1.54) is 12.1 Å². The van der Waals surface area contributed by atoms with Gasteiger partial charge in [-0.3, -0.25) is 0 Å². The normalized spacial score (nSPS) is 20.1. The van der Waals surface area contributed by atoms with Gasteiger partial charge in [-0.25, -0.2) is 0 Å². The van der Waals surface area contributed by atoms with Crippen molar-refractivity contribution in [3.63, 3.8) is 0 Å². The van der Waals surface area contributed by atoms with Gasteiger partial charge in [-0.2, -0.15) is 26.3 Å². The molecule has 0 saturated carbocycles. The van der Waals surface area contributed by atoms with Gasteiger partial charge in [0.2, 0.25) is 0 Å². The molecule has 0 atom stereocenters. The average molecular weight is 298 g/mol. The van der Waals surface area contributed by atoms with E-state index in [9.17, 15) is 26.3 Å². The van der Waals surface area contributed by atoms with Gasteiger partial charge in [-0.05, 0) is 42.5 Å². The molecule has 1 heterocycles. The second kappa shape index (κ2) is 3.73. The second-order valence-electron chi connectivity index (χ2n) is 4.74. The van der Waals surface area contributed by atoms with Gasteiger partial charge in [0.1, 0.15) is 0 Å². The number of hydrogen-bond donors (Lipinski definition) is 0. The lowest BCUT2D eigenvalue weighted by atomic mass is 10.1. The zero-order valence-electron chi connectivity index (χ0n) is 9.86. The lowest BCUT2D eigenvalue weighted by Gasteiger charge is -2.30. The number of ether oxygens (including phenoxy) is 2. The molecule has 0 radical (unpaired) electrons. The molecular weight excluding hydrogens is 290 g/mol. The summed E-state index contributed by atoms with van der Waals surface area (Å²) in [6, 6.07) is 2.41. The van der Waals surface area contributed by atoms with Crippen molar-refractivity contribution < 1.29 is 35.8 Å². The molecule has 1 aromatic carbocycles. The van der Waals surface area contributed by atoms with E-state index in [1.54, 1.807) is 0 Å². The molecule has 0 aromatic heterocycles. The number of fused-ring (bicyclic) bond motifs is 2. The van der Waals surface area contributed by atoms with Crippen molar-refractivity contribution in [1.29, 1.82) is 0 Å². The van der Waals surface area contributed by atoms with Crippen LogP contribution in [0.15, 0.2) is 12.1 Å². The largest absolute Gasteiger partial charge is 0.478 e. The molecule has 1 aliphatic heterocycles. The molecule has 2 aliphatic rings. The van der Waals surface area contributed by atoms with E-state index in [1.807, 2.05) is 0 Å². The van der Waals surface area contributed by atoms with E-state index < -0.39 is 29.6 Å². The van der Waals surface area contributed by atoms with Gasteiger partial charge in [0, 0.05) is 0 Å². The van der Waals surface area contributed by atoms with Crippen LogP contribution in [0.3, 0.4) is 0 Å². The molecule has 0 fully saturated rings. The number of hydrogen-bond acceptors (Lipinski definition) is 2. The Morgan fingerprint density at radius 1 is 0.800 bits per heavy atom. The fourth-order valence-electron chi connectivity index (χ4n) is 2.46. The van der Waals surface area contributed by atoms with E-state index >= 15 is 0 Å². The first-order valence-electron chi connectivity index (χ1n) is 5.81. The minimum atomic E-state index is -5.73. The fraction of sp³-hybridized carbons (Fsp3) is 0.500. The molecule has 8 heteroatoms. The van der Waals surface area contributed by atoms with E-state index in [0.717, 1.165) is 6.42 Å². The fourth-order valence-corrected chi connectivity index (χ4v) is 2.46. The van der Waals surface area contributed by atoms with Crippen LogP contribution < -0.4 is 9.47 Å². The first-order valence-corrected chi connectivity index (χ1v) is 5.81. The molecular formula is C12H8F6O2. The Bertz CT molecular complexity index is 511. The summed E-state index contributed by atoms with van der Waals surface area (Å²) in [5.74, 6) is -5.64. The van der Waals surface area contributed by atoms with Gasteiger partial charge in [0.15, 0.2) is 11.5 Å². The summed E-state index contributed by atoms with van der Waals surface area (Å²) in [5.41, 5.74) is 1.40. The van der Waals surface area contributed by atoms with Crippen molar-refractivity contribution in [2.24, 2.45) is 0 Å². The Labute approximate surface area is 109 Å². The standard InChI is InChI=1S/C12H8F6O2/c13-11(14,15)10(12(16,17)18)19-8-4-6-2-1-3-7(6)5-9(8)20-10/h4-5H,1-3H2. The molecule has 0 bridgehead atoms. The molecule has 0 unspecified atom stereocenters. The zero-order valence-corrected chi connectivity index (χ0v) is 9.86. The van der Waals surface area contributed by atoms with Crippen molar-refractivity contribution in [3.8, 4) is 11.5 Å². The van der Waals surface area contributed by atoms with Gasteiger partial charge in [0.25, 0.3) is 0 Å². The highest BCUT2D eigenvalue weighted by Gasteiger charge is 2.79. The highest BCUT2D eigenvalue weighted by molar-refractivity contribution is 5.51. The molecule has 1 aliphatic carbocycles. The van der Waals surface area contributed by atoms with Crippen LogP contribution >= 0.6 is 0 Å². The molecule has 1 aromatic rings. The summed E-state index contributed by atoms with van der Waals surface area (Å²) >= 11 is 0. The van der Waals surface area contributed by atoms with Gasteiger partial charge in [-0.1, -0.05) is 0 Å². The van der Waals surface area contributed by atoms with Crippen molar-refractivity contribution in [1.82, 2.24) is 0 Å². The highest BCUT2D eigenvalue weighted by atomic mass is 19.4. The summed E-state index contributed by atoms with van der Waals surface area (Å²) in [6.45, 7) is 0. The highest BCUT2D eigenvalue weighted by Crippen LogP contribution is 2.54. The van der Waals surface area contributed by atoms with Crippen LogP contribution in [-0.2, 0) is 12.8 Å². The Balaban J connectivity index is 2.07. The first-order chi connectivity index (χ1) is 9.14. The van der Waals surface area contributed by atoms with E-state index in [-0.39, 0.29) is 0 Å². The van der Waals surface area contributed by atoms with Crippen LogP contribution in [-0.4, -0.2) is 18.1 Å². The lowest BCUT2D eigenvalue weighted by molar-refractivity contribution is -0.412. The van der Waals surface area contributed by atoms with Crippen LogP contribution in [0, 0.1) is 0 Å². The van der Waals surface area contributed by atoms with Gasteiger partial charge < -0.3 is 9.47 Å². The number of rotatable bonds is 0. The van der Waals surface area contributed by atoms with E-state index in [2.05, 4.69) is 9.47 Å². The van der Waals surface area contributed by atoms with Crippen molar-refractivity contribution in [2.45, 2.75) is 37.4 Å². The summed E-state index contributed by atoms with van der Waals surface area (Å²) in [5, 5.41) is 0. The minimum Gasteiger partial charge on any atom is -0.434 e. The minimum absolute atomic E-state index is 0.514. The monoisotopic (exact) mass is 298 g/mol. The summed E-state index contributed by atoms with van der Waals surface area (Å²) in [4.78, 5) is 0. The maximum atomic E-state index is 12.8. The Morgan fingerprint density at radius 3 is 1.55 bits per heavy atom. The smallest absolute Gasteiger partial charge is 0.434 e. The predicted molar refractivity (Wildman–Crippen MR) is 54.6 cm³/mol. The van der Waals surface area contributed by atoms with Crippen LogP contribution in [0.1, 0.15) is 17.5 Å². The molecule has 0 amide bonds. The molecule has 0 saturated heterocycles. The van der Waals surface area contributed by atoms with E-state index in [0.29, 0.717) is 24.0 Å². The van der Waals surface area contributed by atoms with Gasteiger partial charge >= 0.3 is 18.1 Å². The van der Waals surface area contributed by atoms with Crippen LogP contribution in [0.25, 0.3) is 0 Å². The van der Waals surface area contributed by atoms with Crippen molar-refractivity contribution >= 4 is 0 Å². The third-order valence-electron chi connectivity index (χ3n) is 3.41. The number of alkyl halides is 6.